The maximum atomic E-state index is 13.4. The van der Waals surface area contributed by atoms with Crippen molar-refractivity contribution in [3.8, 4) is 11.1 Å². The summed E-state index contributed by atoms with van der Waals surface area (Å²) in [4.78, 5) is 42.4. The molecular weight excluding hydrogens is 464 g/mol. The maximum Gasteiger partial charge on any atom is 0.410 e. The molecule has 1 heterocycles. The molecule has 0 unspecified atom stereocenters. The molecule has 0 N–H and O–H groups in total. The van der Waals surface area contributed by atoms with E-state index in [2.05, 4.69) is 29.1 Å². The van der Waals surface area contributed by atoms with Gasteiger partial charge >= 0.3 is 12.1 Å². The van der Waals surface area contributed by atoms with Gasteiger partial charge in [0.2, 0.25) is 0 Å². The quantitative estimate of drug-likeness (QED) is 0.215. The third-order valence-electron chi connectivity index (χ3n) is 7.64. The molecule has 1 saturated carbocycles. The van der Waals surface area contributed by atoms with Gasteiger partial charge in [0.15, 0.2) is 0 Å². The van der Waals surface area contributed by atoms with Gasteiger partial charge in [-0.2, -0.15) is 0 Å². The Labute approximate surface area is 209 Å². The van der Waals surface area contributed by atoms with Crippen LogP contribution in [0, 0.1) is 16.0 Å². The highest BCUT2D eigenvalue weighted by Crippen LogP contribution is 2.45. The minimum atomic E-state index is -0.838. The summed E-state index contributed by atoms with van der Waals surface area (Å²) < 4.78 is 11.3. The standard InChI is InChI=1S/C27H30N2O7/c30-26(34-14-5-6-15-36-29(32)33)25-16-18-8-7-13-24(18)28(25)27(31)35-17-23-21-11-3-1-9-19(21)20-10-2-4-12-22(20)23/h1-4,9-12,18,23-25H,5-8,13-17H2/t18-,24-,25-/m0/s1. The number of likely N-dealkylation sites (tertiary alicyclic amines) is 1. The lowest BCUT2D eigenvalue weighted by Crippen LogP contribution is -2.46. The number of nitrogens with zero attached hydrogens (tertiary/aromatic N) is 2. The lowest BCUT2D eigenvalue weighted by atomic mass is 9.98. The smallest absolute Gasteiger partial charge is 0.410 e. The first-order valence-electron chi connectivity index (χ1n) is 12.6. The number of carbonyl (C=O) groups is 2. The molecule has 9 heteroatoms. The summed E-state index contributed by atoms with van der Waals surface area (Å²) in [6, 6.07) is 15.7. The fraction of sp³-hybridized carbons (Fsp3) is 0.481. The van der Waals surface area contributed by atoms with Gasteiger partial charge in [-0.3, -0.25) is 4.90 Å². The second-order valence-corrected chi connectivity index (χ2v) is 9.65. The molecule has 0 radical (unpaired) electrons. The van der Waals surface area contributed by atoms with Crippen LogP contribution in [0.25, 0.3) is 11.1 Å². The maximum absolute atomic E-state index is 13.4. The summed E-state index contributed by atoms with van der Waals surface area (Å²) >= 11 is 0. The molecule has 2 fully saturated rings. The molecule has 1 saturated heterocycles. The highest BCUT2D eigenvalue weighted by atomic mass is 16.9. The molecule has 0 spiro atoms. The first kappa shape index (κ1) is 24.1. The van der Waals surface area contributed by atoms with Crippen molar-refractivity contribution in [2.24, 2.45) is 5.92 Å². The lowest BCUT2D eigenvalue weighted by Gasteiger charge is -2.28. The number of rotatable bonds is 9. The number of hydrogen-bond acceptors (Lipinski definition) is 7. The Hall–Kier alpha value is -3.62. The predicted molar refractivity (Wildman–Crippen MR) is 130 cm³/mol. The topological polar surface area (TPSA) is 108 Å². The van der Waals surface area contributed by atoms with E-state index in [1.54, 1.807) is 4.90 Å². The van der Waals surface area contributed by atoms with E-state index in [0.29, 0.717) is 19.3 Å². The van der Waals surface area contributed by atoms with Crippen LogP contribution < -0.4 is 0 Å². The minimum absolute atomic E-state index is 0.00769. The Balaban J connectivity index is 1.22. The van der Waals surface area contributed by atoms with Crippen molar-refractivity contribution in [3.63, 3.8) is 0 Å². The molecule has 9 nitrogen and oxygen atoms in total. The number of hydrogen-bond donors (Lipinski definition) is 0. The zero-order valence-corrected chi connectivity index (χ0v) is 20.0. The monoisotopic (exact) mass is 494 g/mol. The third-order valence-corrected chi connectivity index (χ3v) is 7.64. The van der Waals surface area contributed by atoms with Gasteiger partial charge in [-0.1, -0.05) is 55.0 Å². The van der Waals surface area contributed by atoms with Crippen LogP contribution in [-0.2, 0) is 19.1 Å². The molecule has 0 aromatic heterocycles. The van der Waals surface area contributed by atoms with Crippen molar-refractivity contribution in [1.82, 2.24) is 4.90 Å². The van der Waals surface area contributed by atoms with Crippen LogP contribution in [0.3, 0.4) is 0 Å². The molecule has 1 aliphatic heterocycles. The van der Waals surface area contributed by atoms with Crippen molar-refractivity contribution in [3.05, 3.63) is 69.8 Å². The van der Waals surface area contributed by atoms with E-state index in [4.69, 9.17) is 9.47 Å². The molecule has 2 aliphatic carbocycles. The molecule has 3 atom stereocenters. The Kier molecular flexibility index (Phi) is 7.06. The lowest BCUT2D eigenvalue weighted by molar-refractivity contribution is -0.757. The van der Waals surface area contributed by atoms with Gasteiger partial charge in [-0.15, -0.1) is 10.1 Å². The van der Waals surface area contributed by atoms with E-state index in [9.17, 15) is 19.7 Å². The number of benzene rings is 2. The van der Waals surface area contributed by atoms with E-state index in [1.807, 2.05) is 24.3 Å². The number of carbonyl (C=O) groups excluding carboxylic acids is 2. The van der Waals surface area contributed by atoms with Crippen molar-refractivity contribution in [2.45, 2.75) is 56.5 Å². The molecule has 2 aromatic rings. The summed E-state index contributed by atoms with van der Waals surface area (Å²) in [5.41, 5.74) is 4.61. The van der Waals surface area contributed by atoms with Gasteiger partial charge in [-0.25, -0.2) is 9.59 Å². The zero-order valence-electron chi connectivity index (χ0n) is 20.0. The summed E-state index contributed by atoms with van der Waals surface area (Å²) in [5.74, 6) is -0.209. The summed E-state index contributed by atoms with van der Waals surface area (Å²) in [5, 5.41) is 9.38. The van der Waals surface area contributed by atoms with Crippen LogP contribution in [0.15, 0.2) is 48.5 Å². The molecular formula is C27H30N2O7. The van der Waals surface area contributed by atoms with Crippen LogP contribution in [-0.4, -0.2) is 54.0 Å². The Morgan fingerprint density at radius 1 is 0.944 bits per heavy atom. The molecule has 0 bridgehead atoms. The second kappa shape index (κ2) is 10.6. The molecule has 3 aliphatic rings. The summed E-state index contributed by atoms with van der Waals surface area (Å²) in [7, 11) is 0. The summed E-state index contributed by atoms with van der Waals surface area (Å²) in [6.07, 6.45) is 3.84. The Bertz CT molecular complexity index is 1090. The fourth-order valence-corrected chi connectivity index (χ4v) is 6.04. The second-order valence-electron chi connectivity index (χ2n) is 9.65. The molecule has 190 valence electrons. The normalized spacial score (nSPS) is 22.0. The molecule has 2 aromatic carbocycles. The third kappa shape index (κ3) is 4.74. The number of esters is 1. The molecule has 36 heavy (non-hydrogen) atoms. The van der Waals surface area contributed by atoms with Gasteiger partial charge in [-0.05, 0) is 60.3 Å². The molecule has 5 rings (SSSR count). The highest BCUT2D eigenvalue weighted by molar-refractivity contribution is 5.83. The SMILES string of the molecule is O=C(OCCCCO[N+](=O)[O-])[C@@H]1C[C@@H]2CCC[C@@H]2N1C(=O)OCC1c2ccccc2-c2ccccc21. The number of unbranched alkanes of at least 4 members (excludes halogenated alkanes) is 1. The number of fused-ring (bicyclic) bond motifs is 4. The van der Waals surface area contributed by atoms with Gasteiger partial charge in [0.25, 0.3) is 5.09 Å². The van der Waals surface area contributed by atoms with Crippen LogP contribution in [0.1, 0.15) is 55.6 Å². The van der Waals surface area contributed by atoms with Crippen LogP contribution >= 0.6 is 0 Å². The average molecular weight is 495 g/mol. The molecule has 1 amide bonds. The highest BCUT2D eigenvalue weighted by Gasteiger charge is 2.50. The van der Waals surface area contributed by atoms with Gasteiger partial charge < -0.3 is 14.3 Å². The van der Waals surface area contributed by atoms with Crippen molar-refractivity contribution in [2.75, 3.05) is 19.8 Å². The van der Waals surface area contributed by atoms with Crippen LogP contribution in [0.4, 0.5) is 4.79 Å². The first-order valence-corrected chi connectivity index (χ1v) is 12.6. The van der Waals surface area contributed by atoms with Gasteiger partial charge in [0.1, 0.15) is 12.6 Å². The van der Waals surface area contributed by atoms with E-state index in [0.717, 1.165) is 41.5 Å². The zero-order chi connectivity index (χ0) is 25.1. The van der Waals surface area contributed by atoms with Crippen LogP contribution in [0.2, 0.25) is 0 Å². The Morgan fingerprint density at radius 2 is 1.61 bits per heavy atom. The van der Waals surface area contributed by atoms with Crippen molar-refractivity contribution < 1.29 is 29.0 Å². The van der Waals surface area contributed by atoms with Gasteiger partial charge in [0.05, 0.1) is 13.2 Å². The van der Waals surface area contributed by atoms with Crippen LogP contribution in [0.5, 0.6) is 0 Å². The largest absolute Gasteiger partial charge is 0.464 e. The predicted octanol–water partition coefficient (Wildman–Crippen LogP) is 4.71. The average Bonchev–Trinajstić information content (AvgIpc) is 3.56. The van der Waals surface area contributed by atoms with Gasteiger partial charge in [0, 0.05) is 12.0 Å². The van der Waals surface area contributed by atoms with Crippen molar-refractivity contribution in [1.29, 1.82) is 0 Å². The minimum Gasteiger partial charge on any atom is -0.464 e. The van der Waals surface area contributed by atoms with E-state index in [-0.39, 0.29) is 37.7 Å². The van der Waals surface area contributed by atoms with E-state index >= 15 is 0 Å². The fourth-order valence-electron chi connectivity index (χ4n) is 6.04. The first-order chi connectivity index (χ1) is 17.5. The summed E-state index contributed by atoms with van der Waals surface area (Å²) in [6.45, 7) is 0.299. The Morgan fingerprint density at radius 3 is 2.31 bits per heavy atom. The van der Waals surface area contributed by atoms with E-state index < -0.39 is 23.2 Å². The van der Waals surface area contributed by atoms with E-state index in [1.165, 1.54) is 0 Å². The number of ether oxygens (including phenoxy) is 2. The number of amides is 1. The van der Waals surface area contributed by atoms with Crippen molar-refractivity contribution >= 4 is 12.1 Å².